The molecule has 1 saturated heterocycles. The van der Waals surface area contributed by atoms with Gasteiger partial charge in [-0.3, -0.25) is 0 Å². The van der Waals surface area contributed by atoms with Gasteiger partial charge in [0.15, 0.2) is 5.82 Å². The molecule has 1 aromatic rings. The lowest BCUT2D eigenvalue weighted by Crippen LogP contribution is -2.27. The molecule has 1 aliphatic rings. The Morgan fingerprint density at radius 3 is 2.63 bits per heavy atom. The molecular weight excluding hydrogens is 234 g/mol. The summed E-state index contributed by atoms with van der Waals surface area (Å²) in [5, 5.41) is 0. The van der Waals surface area contributed by atoms with Gasteiger partial charge >= 0.3 is 0 Å². The van der Waals surface area contributed by atoms with Crippen molar-refractivity contribution in [2.45, 2.75) is 47.0 Å². The van der Waals surface area contributed by atoms with Crippen LogP contribution in [0, 0.1) is 18.3 Å². The first-order valence-corrected chi connectivity index (χ1v) is 7.35. The van der Waals surface area contributed by atoms with Crippen LogP contribution in [-0.4, -0.2) is 18.1 Å². The third kappa shape index (κ3) is 3.40. The minimum atomic E-state index is 0.405. The van der Waals surface area contributed by atoms with Gasteiger partial charge in [0.1, 0.15) is 0 Å². The number of nitrogens with two attached hydrogens (primary N) is 1. The third-order valence-electron chi connectivity index (χ3n) is 4.28. The fourth-order valence-corrected chi connectivity index (χ4v) is 3.02. The van der Waals surface area contributed by atoms with E-state index in [1.807, 2.05) is 19.2 Å². The molecule has 0 aromatic carbocycles. The van der Waals surface area contributed by atoms with E-state index in [0.29, 0.717) is 5.41 Å². The van der Waals surface area contributed by atoms with E-state index < -0.39 is 0 Å². The van der Waals surface area contributed by atoms with Crippen LogP contribution in [0.1, 0.15) is 45.6 Å². The molecule has 3 heteroatoms. The normalized spacial score (nSPS) is 21.3. The maximum Gasteiger partial charge on any atom is 0.151 e. The van der Waals surface area contributed by atoms with Crippen LogP contribution in [0.2, 0.25) is 0 Å². The van der Waals surface area contributed by atoms with Crippen molar-refractivity contribution in [2.24, 2.45) is 11.3 Å². The molecule has 1 aliphatic heterocycles. The summed E-state index contributed by atoms with van der Waals surface area (Å²) in [5.74, 6) is 1.77. The summed E-state index contributed by atoms with van der Waals surface area (Å²) < 4.78 is 0. The summed E-state index contributed by atoms with van der Waals surface area (Å²) in [6, 6.07) is 2.02. The molecule has 1 unspecified atom stereocenters. The number of aryl methyl sites for hydroxylation is 1. The Labute approximate surface area is 117 Å². The van der Waals surface area contributed by atoms with E-state index in [-0.39, 0.29) is 0 Å². The Morgan fingerprint density at radius 1 is 1.26 bits per heavy atom. The van der Waals surface area contributed by atoms with Gasteiger partial charge in [-0.2, -0.15) is 0 Å². The van der Waals surface area contributed by atoms with E-state index in [9.17, 15) is 0 Å². The lowest BCUT2D eigenvalue weighted by Gasteiger charge is -2.30. The van der Waals surface area contributed by atoms with E-state index in [1.165, 1.54) is 19.3 Å². The number of nitrogen functional groups attached to an aromatic ring is 1. The SMILES string of the molecule is Cc1cnc(N2CCCC(C(C)(C)C)CC2)c(N)c1. The van der Waals surface area contributed by atoms with E-state index in [2.05, 4.69) is 30.7 Å². The Morgan fingerprint density at radius 2 is 2.00 bits per heavy atom. The Balaban J connectivity index is 2.11. The minimum absolute atomic E-state index is 0.405. The number of anilines is 2. The molecule has 0 amide bonds. The third-order valence-corrected chi connectivity index (χ3v) is 4.28. The predicted molar refractivity (Wildman–Crippen MR) is 82.4 cm³/mol. The predicted octanol–water partition coefficient (Wildman–Crippen LogP) is 3.62. The van der Waals surface area contributed by atoms with Crippen molar-refractivity contribution in [2.75, 3.05) is 23.7 Å². The van der Waals surface area contributed by atoms with Crippen molar-refractivity contribution in [1.29, 1.82) is 0 Å². The van der Waals surface area contributed by atoms with Gasteiger partial charge in [0.05, 0.1) is 5.69 Å². The fraction of sp³-hybridized carbons (Fsp3) is 0.688. The molecule has 1 fully saturated rings. The lowest BCUT2D eigenvalue weighted by atomic mass is 9.77. The second-order valence-corrected chi connectivity index (χ2v) is 6.91. The Bertz CT molecular complexity index is 434. The zero-order chi connectivity index (χ0) is 14.0. The summed E-state index contributed by atoms with van der Waals surface area (Å²) in [6.07, 6.45) is 5.69. The first-order chi connectivity index (χ1) is 8.88. The number of rotatable bonds is 1. The maximum absolute atomic E-state index is 6.12. The zero-order valence-corrected chi connectivity index (χ0v) is 12.7. The highest BCUT2D eigenvalue weighted by molar-refractivity contribution is 5.63. The van der Waals surface area contributed by atoms with Crippen LogP contribution in [0.4, 0.5) is 11.5 Å². The van der Waals surface area contributed by atoms with Crippen LogP contribution in [0.5, 0.6) is 0 Å². The monoisotopic (exact) mass is 261 g/mol. The molecule has 2 rings (SSSR count). The molecule has 1 aromatic heterocycles. The summed E-state index contributed by atoms with van der Waals surface area (Å²) in [4.78, 5) is 6.89. The van der Waals surface area contributed by atoms with E-state index >= 15 is 0 Å². The summed E-state index contributed by atoms with van der Waals surface area (Å²) >= 11 is 0. The van der Waals surface area contributed by atoms with Crippen molar-refractivity contribution in [3.05, 3.63) is 17.8 Å². The van der Waals surface area contributed by atoms with Crippen molar-refractivity contribution >= 4 is 11.5 Å². The Kier molecular flexibility index (Phi) is 4.02. The largest absolute Gasteiger partial charge is 0.396 e. The van der Waals surface area contributed by atoms with Crippen LogP contribution < -0.4 is 10.6 Å². The van der Waals surface area contributed by atoms with Gasteiger partial charge in [-0.25, -0.2) is 4.98 Å². The minimum Gasteiger partial charge on any atom is -0.396 e. The van der Waals surface area contributed by atoms with Gasteiger partial charge in [-0.15, -0.1) is 0 Å². The average molecular weight is 261 g/mol. The van der Waals surface area contributed by atoms with Gasteiger partial charge < -0.3 is 10.6 Å². The number of hydrogen-bond donors (Lipinski definition) is 1. The van der Waals surface area contributed by atoms with E-state index in [4.69, 9.17) is 5.73 Å². The van der Waals surface area contributed by atoms with Gasteiger partial charge in [0, 0.05) is 19.3 Å². The van der Waals surface area contributed by atoms with Crippen molar-refractivity contribution in [1.82, 2.24) is 4.98 Å². The number of pyridine rings is 1. The Hall–Kier alpha value is -1.25. The van der Waals surface area contributed by atoms with Gasteiger partial charge in [0.2, 0.25) is 0 Å². The highest BCUT2D eigenvalue weighted by Gasteiger charge is 2.27. The second kappa shape index (κ2) is 5.40. The summed E-state index contributed by atoms with van der Waals surface area (Å²) in [7, 11) is 0. The summed E-state index contributed by atoms with van der Waals surface area (Å²) in [5.41, 5.74) is 8.47. The fourth-order valence-electron chi connectivity index (χ4n) is 3.02. The molecule has 0 saturated carbocycles. The molecule has 0 aliphatic carbocycles. The second-order valence-electron chi connectivity index (χ2n) is 6.91. The average Bonchev–Trinajstić information content (AvgIpc) is 2.54. The van der Waals surface area contributed by atoms with Crippen molar-refractivity contribution in [3.8, 4) is 0 Å². The molecule has 1 atom stereocenters. The van der Waals surface area contributed by atoms with Crippen LogP contribution >= 0.6 is 0 Å². The molecule has 0 spiro atoms. The van der Waals surface area contributed by atoms with Crippen LogP contribution in [0.3, 0.4) is 0 Å². The van der Waals surface area contributed by atoms with Gasteiger partial charge in [0.25, 0.3) is 0 Å². The molecule has 19 heavy (non-hydrogen) atoms. The summed E-state index contributed by atoms with van der Waals surface area (Å²) in [6.45, 7) is 11.2. The molecule has 106 valence electrons. The highest BCUT2D eigenvalue weighted by Crippen LogP contribution is 2.35. The maximum atomic E-state index is 6.12. The molecule has 0 bridgehead atoms. The zero-order valence-electron chi connectivity index (χ0n) is 12.7. The molecule has 2 heterocycles. The molecule has 2 N–H and O–H groups in total. The smallest absolute Gasteiger partial charge is 0.151 e. The van der Waals surface area contributed by atoms with Crippen LogP contribution in [0.25, 0.3) is 0 Å². The van der Waals surface area contributed by atoms with Crippen LogP contribution in [-0.2, 0) is 0 Å². The topological polar surface area (TPSA) is 42.2 Å². The lowest BCUT2D eigenvalue weighted by molar-refractivity contribution is 0.220. The van der Waals surface area contributed by atoms with E-state index in [0.717, 1.165) is 36.1 Å². The van der Waals surface area contributed by atoms with E-state index in [1.54, 1.807) is 0 Å². The quantitative estimate of drug-likeness (QED) is 0.839. The number of hydrogen-bond acceptors (Lipinski definition) is 3. The van der Waals surface area contributed by atoms with Gasteiger partial charge in [-0.1, -0.05) is 20.8 Å². The van der Waals surface area contributed by atoms with Crippen LogP contribution in [0.15, 0.2) is 12.3 Å². The highest BCUT2D eigenvalue weighted by atomic mass is 15.2. The number of nitrogens with zero attached hydrogens (tertiary/aromatic N) is 2. The first-order valence-electron chi connectivity index (χ1n) is 7.35. The molecule has 0 radical (unpaired) electrons. The van der Waals surface area contributed by atoms with Crippen molar-refractivity contribution < 1.29 is 0 Å². The van der Waals surface area contributed by atoms with Gasteiger partial charge in [-0.05, 0) is 49.1 Å². The van der Waals surface area contributed by atoms with Crippen molar-refractivity contribution in [3.63, 3.8) is 0 Å². The first kappa shape index (κ1) is 14.2. The molecular formula is C16H27N3. The molecule has 3 nitrogen and oxygen atoms in total. The standard InChI is InChI=1S/C16H27N3/c1-12-10-14(17)15(18-11-12)19-8-5-6-13(7-9-19)16(2,3)4/h10-11,13H,5-9,17H2,1-4H3. The number of aromatic nitrogens is 1.